The molecule has 4 rings (SSSR count). The Kier molecular flexibility index (Phi) is 3.45. The molecule has 0 aliphatic carbocycles. The van der Waals surface area contributed by atoms with Crippen LogP contribution in [0.3, 0.4) is 0 Å². The zero-order valence-electron chi connectivity index (χ0n) is 12.2. The van der Waals surface area contributed by atoms with E-state index in [4.69, 9.17) is 9.47 Å². The number of fused-ring (bicyclic) bond motifs is 2. The summed E-state index contributed by atoms with van der Waals surface area (Å²) in [6.45, 7) is 1.09. The summed E-state index contributed by atoms with van der Waals surface area (Å²) in [5.41, 5.74) is 1.06. The standard InChI is InChI=1S/C14H19N5O3/c1-18-7-9(6-17-18)5-15-11-10-8-21-14(22-10)12(13(11)20)19-4-2-3-16-19/h2-4,6-7,10-15,20H,5,8H2,1H3/t10-,11-,12-,13+,14-/m1/s1. The molecule has 22 heavy (non-hydrogen) atoms. The second-order valence-corrected chi connectivity index (χ2v) is 5.77. The summed E-state index contributed by atoms with van der Waals surface area (Å²) in [7, 11) is 1.88. The first-order chi connectivity index (χ1) is 10.7. The molecule has 0 amide bonds. The summed E-state index contributed by atoms with van der Waals surface area (Å²) in [4.78, 5) is 0. The van der Waals surface area contributed by atoms with Crippen LogP contribution in [0, 0.1) is 0 Å². The molecule has 2 bridgehead atoms. The van der Waals surface area contributed by atoms with Crippen LogP contribution >= 0.6 is 0 Å². The molecule has 0 saturated carbocycles. The van der Waals surface area contributed by atoms with E-state index in [1.165, 1.54) is 0 Å². The Morgan fingerprint density at radius 3 is 3.09 bits per heavy atom. The minimum Gasteiger partial charge on any atom is -0.389 e. The fraction of sp³-hybridized carbons (Fsp3) is 0.571. The number of aliphatic hydroxyl groups is 1. The Morgan fingerprint density at radius 1 is 1.45 bits per heavy atom. The van der Waals surface area contributed by atoms with E-state index in [2.05, 4.69) is 15.5 Å². The smallest absolute Gasteiger partial charge is 0.183 e. The summed E-state index contributed by atoms with van der Waals surface area (Å²) in [6.07, 6.45) is 6.02. The van der Waals surface area contributed by atoms with Crippen molar-refractivity contribution in [2.45, 2.75) is 37.1 Å². The van der Waals surface area contributed by atoms with Crippen molar-refractivity contribution >= 4 is 0 Å². The average molecular weight is 305 g/mol. The monoisotopic (exact) mass is 305 g/mol. The molecule has 118 valence electrons. The topological polar surface area (TPSA) is 86.4 Å². The number of aromatic nitrogens is 4. The molecule has 0 spiro atoms. The Bertz CT molecular complexity index is 628. The van der Waals surface area contributed by atoms with Crippen molar-refractivity contribution in [3.8, 4) is 0 Å². The molecule has 0 unspecified atom stereocenters. The van der Waals surface area contributed by atoms with Crippen LogP contribution < -0.4 is 5.32 Å². The highest BCUT2D eigenvalue weighted by molar-refractivity contribution is 5.06. The van der Waals surface area contributed by atoms with Gasteiger partial charge in [-0.3, -0.25) is 9.36 Å². The SMILES string of the molecule is Cn1cc(CN[C@H]2[C@H](O)[C@@H](n3cccn3)[C@@H]3OC[C@H]2O3)cn1. The number of nitrogens with one attached hydrogen (secondary N) is 1. The molecule has 5 atom stereocenters. The van der Waals surface area contributed by atoms with Crippen LogP contribution in [0.4, 0.5) is 0 Å². The maximum Gasteiger partial charge on any atom is 0.183 e. The third-order valence-corrected chi connectivity index (χ3v) is 4.26. The molecule has 8 heteroatoms. The fourth-order valence-electron chi connectivity index (χ4n) is 3.19. The highest BCUT2D eigenvalue weighted by Crippen LogP contribution is 2.35. The minimum atomic E-state index is -0.636. The van der Waals surface area contributed by atoms with Crippen LogP contribution in [0.1, 0.15) is 11.6 Å². The molecular formula is C14H19N5O3. The maximum atomic E-state index is 10.8. The molecular weight excluding hydrogens is 286 g/mol. The van der Waals surface area contributed by atoms with Crippen LogP contribution in [-0.2, 0) is 23.1 Å². The van der Waals surface area contributed by atoms with Gasteiger partial charge in [-0.2, -0.15) is 10.2 Å². The number of aliphatic hydroxyl groups excluding tert-OH is 1. The first-order valence-corrected chi connectivity index (χ1v) is 7.37. The van der Waals surface area contributed by atoms with E-state index in [0.717, 1.165) is 5.56 Å². The summed E-state index contributed by atoms with van der Waals surface area (Å²) < 4.78 is 15.0. The van der Waals surface area contributed by atoms with Gasteiger partial charge in [-0.15, -0.1) is 0 Å². The largest absolute Gasteiger partial charge is 0.389 e. The molecule has 0 radical (unpaired) electrons. The Morgan fingerprint density at radius 2 is 2.36 bits per heavy atom. The number of ether oxygens (including phenoxy) is 2. The van der Waals surface area contributed by atoms with Crippen molar-refractivity contribution in [1.82, 2.24) is 24.9 Å². The second kappa shape index (κ2) is 5.47. The lowest BCUT2D eigenvalue weighted by atomic mass is 9.96. The number of nitrogens with zero attached hydrogens (tertiary/aromatic N) is 4. The lowest BCUT2D eigenvalue weighted by Gasteiger charge is -2.38. The van der Waals surface area contributed by atoms with E-state index in [1.807, 2.05) is 31.7 Å². The lowest BCUT2D eigenvalue weighted by Crippen LogP contribution is -2.57. The number of hydrogen-bond donors (Lipinski definition) is 2. The molecule has 2 aliphatic rings. The Balaban J connectivity index is 1.51. The molecule has 2 N–H and O–H groups in total. The quantitative estimate of drug-likeness (QED) is 0.787. The number of hydrogen-bond acceptors (Lipinski definition) is 6. The van der Waals surface area contributed by atoms with E-state index >= 15 is 0 Å². The summed E-state index contributed by atoms with van der Waals surface area (Å²) in [5, 5.41) is 22.5. The normalized spacial score (nSPS) is 34.2. The van der Waals surface area contributed by atoms with Crippen molar-refractivity contribution in [1.29, 1.82) is 0 Å². The highest BCUT2D eigenvalue weighted by Gasteiger charge is 2.51. The van der Waals surface area contributed by atoms with E-state index in [9.17, 15) is 5.11 Å². The van der Waals surface area contributed by atoms with Crippen LogP contribution in [0.2, 0.25) is 0 Å². The number of aryl methyl sites for hydroxylation is 1. The first-order valence-electron chi connectivity index (χ1n) is 7.37. The Hall–Kier alpha value is -1.74. The van der Waals surface area contributed by atoms with Crippen molar-refractivity contribution in [3.05, 3.63) is 36.4 Å². The predicted molar refractivity (Wildman–Crippen MR) is 75.7 cm³/mol. The van der Waals surface area contributed by atoms with Gasteiger partial charge in [0.2, 0.25) is 0 Å². The third kappa shape index (κ3) is 2.34. The van der Waals surface area contributed by atoms with E-state index in [-0.39, 0.29) is 18.2 Å². The zero-order chi connectivity index (χ0) is 15.1. The van der Waals surface area contributed by atoms with Gasteiger partial charge in [0.1, 0.15) is 12.1 Å². The highest BCUT2D eigenvalue weighted by atomic mass is 16.7. The molecule has 2 fully saturated rings. The van der Waals surface area contributed by atoms with Gasteiger partial charge in [-0.25, -0.2) is 0 Å². The molecule has 8 nitrogen and oxygen atoms in total. The van der Waals surface area contributed by atoms with Crippen LogP contribution in [0.15, 0.2) is 30.9 Å². The molecule has 0 aromatic carbocycles. The average Bonchev–Trinajstić information content (AvgIpc) is 3.22. The van der Waals surface area contributed by atoms with Gasteiger partial charge < -0.3 is 19.9 Å². The second-order valence-electron chi connectivity index (χ2n) is 5.77. The first kappa shape index (κ1) is 13.9. The minimum absolute atomic E-state index is 0.150. The zero-order valence-corrected chi connectivity index (χ0v) is 12.2. The maximum absolute atomic E-state index is 10.8. The molecule has 2 aromatic heterocycles. The third-order valence-electron chi connectivity index (χ3n) is 4.26. The lowest BCUT2D eigenvalue weighted by molar-refractivity contribution is -0.168. The predicted octanol–water partition coefficient (Wildman–Crippen LogP) is -0.568. The van der Waals surface area contributed by atoms with Crippen molar-refractivity contribution in [3.63, 3.8) is 0 Å². The van der Waals surface area contributed by atoms with Crippen molar-refractivity contribution in [2.24, 2.45) is 7.05 Å². The van der Waals surface area contributed by atoms with Gasteiger partial charge >= 0.3 is 0 Å². The molecule has 2 aliphatic heterocycles. The van der Waals surface area contributed by atoms with Gasteiger partial charge in [0.15, 0.2) is 6.29 Å². The van der Waals surface area contributed by atoms with Crippen molar-refractivity contribution < 1.29 is 14.6 Å². The summed E-state index contributed by atoms with van der Waals surface area (Å²) in [6, 6.07) is 1.26. The molecule has 4 heterocycles. The molecule has 2 saturated heterocycles. The molecule has 2 aromatic rings. The van der Waals surface area contributed by atoms with Gasteiger partial charge in [0, 0.05) is 37.7 Å². The van der Waals surface area contributed by atoms with Gasteiger partial charge in [0.25, 0.3) is 0 Å². The van der Waals surface area contributed by atoms with Gasteiger partial charge in [-0.05, 0) is 6.07 Å². The van der Waals surface area contributed by atoms with Crippen LogP contribution in [0.5, 0.6) is 0 Å². The van der Waals surface area contributed by atoms with Gasteiger partial charge in [0.05, 0.1) is 24.9 Å². The fourth-order valence-corrected chi connectivity index (χ4v) is 3.19. The van der Waals surface area contributed by atoms with Crippen molar-refractivity contribution in [2.75, 3.05) is 6.61 Å². The summed E-state index contributed by atoms with van der Waals surface area (Å²) >= 11 is 0. The van der Waals surface area contributed by atoms with Crippen LogP contribution in [-0.4, -0.2) is 55.8 Å². The van der Waals surface area contributed by atoms with Crippen LogP contribution in [0.25, 0.3) is 0 Å². The summed E-state index contributed by atoms with van der Waals surface area (Å²) in [5.74, 6) is 0. The Labute approximate surface area is 127 Å². The van der Waals surface area contributed by atoms with E-state index < -0.39 is 12.4 Å². The number of rotatable bonds is 4. The van der Waals surface area contributed by atoms with E-state index in [0.29, 0.717) is 13.2 Å². The van der Waals surface area contributed by atoms with Gasteiger partial charge in [-0.1, -0.05) is 0 Å². The van der Waals surface area contributed by atoms with E-state index in [1.54, 1.807) is 15.6 Å².